The molecule has 4 aromatic rings. The molecule has 0 unspecified atom stereocenters. The maximum absolute atomic E-state index is 14.7. The van der Waals surface area contributed by atoms with Crippen LogP contribution in [0.2, 0.25) is 5.02 Å². The van der Waals surface area contributed by atoms with E-state index in [2.05, 4.69) is 15.4 Å². The van der Waals surface area contributed by atoms with E-state index < -0.39 is 42.2 Å². The summed E-state index contributed by atoms with van der Waals surface area (Å²) in [5, 5.41) is 26.8. The van der Waals surface area contributed by atoms with E-state index in [9.17, 15) is 28.6 Å². The maximum Gasteiger partial charge on any atom is 0.411 e. The molecular formula is C32H31ClF2N6O4. The normalized spacial score (nSPS) is 17.5. The van der Waals surface area contributed by atoms with Gasteiger partial charge in [-0.15, -0.1) is 0 Å². The van der Waals surface area contributed by atoms with Gasteiger partial charge in [-0.1, -0.05) is 68.8 Å². The van der Waals surface area contributed by atoms with E-state index >= 15 is 0 Å². The van der Waals surface area contributed by atoms with Crippen molar-refractivity contribution in [3.8, 4) is 22.4 Å². The summed E-state index contributed by atoms with van der Waals surface area (Å²) in [6.45, 7) is 2.44. The number of aliphatic hydroxyl groups is 1. The van der Waals surface area contributed by atoms with Gasteiger partial charge in [0.1, 0.15) is 0 Å². The van der Waals surface area contributed by atoms with E-state index in [-0.39, 0.29) is 12.4 Å². The van der Waals surface area contributed by atoms with Crippen LogP contribution >= 0.6 is 11.6 Å². The van der Waals surface area contributed by atoms with E-state index in [4.69, 9.17) is 16.6 Å². The van der Waals surface area contributed by atoms with Crippen LogP contribution in [0.15, 0.2) is 84.2 Å². The van der Waals surface area contributed by atoms with Gasteiger partial charge in [0.15, 0.2) is 5.54 Å². The Bertz CT molecular complexity index is 1740. The monoisotopic (exact) mass is 636 g/mol. The van der Waals surface area contributed by atoms with Gasteiger partial charge in [0.05, 0.1) is 24.5 Å². The Balaban J connectivity index is 1.61. The number of carbonyl (C=O) groups excluding carboxylic acids is 1. The minimum Gasteiger partial charge on any atom is -0.465 e. The van der Waals surface area contributed by atoms with Crippen molar-refractivity contribution in [2.24, 2.45) is 10.4 Å². The number of guanidine groups is 1. The standard InChI is InChI=1S/C32H31ClF2N6O4/c1-31(2,3)18-32(22-10-7-19(8-11-22)21-15-37-40(16-21)28(34)35)27(43)41(29(39-32)38-30(44)45)26(17-42)20-9-12-24(33)23(14-20)25-6-4-5-13-36-25/h4-16,26,28,42H,17-18H2,1-3H3,(H,38,39)(H,44,45)/t26-,32-/m1/s1. The number of rotatable bonds is 8. The van der Waals surface area contributed by atoms with Gasteiger partial charge in [-0.2, -0.15) is 13.9 Å². The average Bonchev–Trinajstić information content (AvgIpc) is 3.59. The topological polar surface area (TPSA) is 133 Å². The first-order valence-corrected chi connectivity index (χ1v) is 14.4. The molecule has 0 saturated heterocycles. The molecule has 2 atom stereocenters. The molecule has 2 aromatic heterocycles. The van der Waals surface area contributed by atoms with Crippen LogP contribution in [-0.4, -0.2) is 54.4 Å². The lowest BCUT2D eigenvalue weighted by Gasteiger charge is -2.34. The van der Waals surface area contributed by atoms with Gasteiger partial charge >= 0.3 is 12.6 Å². The molecule has 0 bridgehead atoms. The van der Waals surface area contributed by atoms with Crippen molar-refractivity contribution in [2.45, 2.75) is 45.3 Å². The average molecular weight is 637 g/mol. The number of aliphatic hydroxyl groups excluding tert-OH is 1. The predicted octanol–water partition coefficient (Wildman–Crippen LogP) is 6.49. The maximum atomic E-state index is 14.7. The van der Waals surface area contributed by atoms with Gasteiger partial charge in [-0.25, -0.2) is 14.5 Å². The van der Waals surface area contributed by atoms with Crippen LogP contribution in [0.5, 0.6) is 0 Å². The van der Waals surface area contributed by atoms with E-state index in [0.29, 0.717) is 43.2 Å². The van der Waals surface area contributed by atoms with Gasteiger partial charge in [0.25, 0.3) is 5.91 Å². The molecule has 0 spiro atoms. The Labute approximate surface area is 263 Å². The molecule has 1 aliphatic rings. The third-order valence-corrected chi connectivity index (χ3v) is 7.73. The molecule has 45 heavy (non-hydrogen) atoms. The SMILES string of the molecule is CC(C)(C)C[C@]1(c2ccc(-c3cnn(C(F)F)c3)cc2)N=C(NC(=O)O)N([C@H](CO)c2ccc(Cl)c(-c3ccccn3)c2)C1=O. The van der Waals surface area contributed by atoms with Gasteiger partial charge in [-0.05, 0) is 52.8 Å². The predicted molar refractivity (Wildman–Crippen MR) is 165 cm³/mol. The zero-order valence-corrected chi connectivity index (χ0v) is 25.4. The number of hydrogen-bond acceptors (Lipinski definition) is 6. The van der Waals surface area contributed by atoms with Crippen molar-refractivity contribution < 1.29 is 28.6 Å². The summed E-state index contributed by atoms with van der Waals surface area (Å²) in [6, 6.07) is 16.0. The number of hydrogen-bond donors (Lipinski definition) is 3. The Kier molecular flexibility index (Phi) is 8.72. The van der Waals surface area contributed by atoms with Crippen molar-refractivity contribution in [3.05, 3.63) is 95.4 Å². The van der Waals surface area contributed by atoms with Crippen LogP contribution in [-0.2, 0) is 10.3 Å². The molecule has 0 saturated carbocycles. The van der Waals surface area contributed by atoms with E-state index in [1.807, 2.05) is 20.8 Å². The number of carboxylic acid groups (broad SMARTS) is 1. The summed E-state index contributed by atoms with van der Waals surface area (Å²) in [5.74, 6) is -0.791. The quantitative estimate of drug-likeness (QED) is 0.202. The molecule has 2 aromatic carbocycles. The van der Waals surface area contributed by atoms with Crippen molar-refractivity contribution in [3.63, 3.8) is 0 Å². The van der Waals surface area contributed by atoms with Crippen molar-refractivity contribution >= 4 is 29.6 Å². The lowest BCUT2D eigenvalue weighted by atomic mass is 9.75. The van der Waals surface area contributed by atoms with Gasteiger partial charge in [0.2, 0.25) is 5.96 Å². The summed E-state index contributed by atoms with van der Waals surface area (Å²) >= 11 is 6.50. The van der Waals surface area contributed by atoms with Crippen LogP contribution in [0.1, 0.15) is 50.9 Å². The number of halogens is 3. The van der Waals surface area contributed by atoms with Crippen LogP contribution < -0.4 is 5.32 Å². The van der Waals surface area contributed by atoms with Crippen LogP contribution in [0.25, 0.3) is 22.4 Å². The largest absolute Gasteiger partial charge is 0.465 e. The highest BCUT2D eigenvalue weighted by Crippen LogP contribution is 2.45. The molecule has 3 N–H and O–H groups in total. The Morgan fingerprint density at radius 1 is 1.09 bits per heavy atom. The number of aliphatic imine (C=N–C) groups is 1. The molecule has 234 valence electrons. The highest BCUT2D eigenvalue weighted by molar-refractivity contribution is 6.33. The molecule has 13 heteroatoms. The fourth-order valence-corrected chi connectivity index (χ4v) is 5.77. The minimum absolute atomic E-state index is 0.181. The Morgan fingerprint density at radius 3 is 2.40 bits per heavy atom. The van der Waals surface area contributed by atoms with Gasteiger partial charge < -0.3 is 10.2 Å². The summed E-state index contributed by atoms with van der Waals surface area (Å²) < 4.78 is 26.7. The number of alkyl halides is 2. The molecule has 2 amide bonds. The zero-order chi connectivity index (χ0) is 32.5. The van der Waals surface area contributed by atoms with Crippen LogP contribution in [0.3, 0.4) is 0 Å². The smallest absolute Gasteiger partial charge is 0.411 e. The number of benzene rings is 2. The molecule has 3 heterocycles. The summed E-state index contributed by atoms with van der Waals surface area (Å²) in [6.07, 6.45) is 2.90. The minimum atomic E-state index is -2.79. The molecule has 0 fully saturated rings. The first kappa shape index (κ1) is 31.7. The lowest BCUT2D eigenvalue weighted by Crippen LogP contribution is -2.49. The van der Waals surface area contributed by atoms with Crippen molar-refractivity contribution in [1.29, 1.82) is 0 Å². The molecule has 0 aliphatic carbocycles. The van der Waals surface area contributed by atoms with Crippen LogP contribution in [0.4, 0.5) is 13.6 Å². The van der Waals surface area contributed by atoms with Gasteiger partial charge in [0, 0.05) is 28.5 Å². The number of aromatic nitrogens is 3. The second kappa shape index (κ2) is 12.4. The number of amides is 2. The number of nitrogens with one attached hydrogen (secondary N) is 1. The summed E-state index contributed by atoms with van der Waals surface area (Å²) in [5.41, 5.74) is 1.07. The van der Waals surface area contributed by atoms with Crippen LogP contribution in [0, 0.1) is 5.41 Å². The van der Waals surface area contributed by atoms with E-state index in [1.165, 1.54) is 17.3 Å². The first-order valence-electron chi connectivity index (χ1n) is 14.0. The fraction of sp³-hybridized carbons (Fsp3) is 0.281. The number of carbonyl (C=O) groups is 2. The summed E-state index contributed by atoms with van der Waals surface area (Å²) in [7, 11) is 0. The number of pyridine rings is 1. The molecular weight excluding hydrogens is 606 g/mol. The molecule has 0 radical (unpaired) electrons. The fourth-order valence-electron chi connectivity index (χ4n) is 5.56. The third-order valence-electron chi connectivity index (χ3n) is 7.40. The second-order valence-corrected chi connectivity index (χ2v) is 12.3. The molecule has 1 aliphatic heterocycles. The third kappa shape index (κ3) is 6.43. The summed E-state index contributed by atoms with van der Waals surface area (Å²) in [4.78, 5) is 36.9. The van der Waals surface area contributed by atoms with E-state index in [0.717, 1.165) is 0 Å². The second-order valence-electron chi connectivity index (χ2n) is 11.9. The van der Waals surface area contributed by atoms with Crippen molar-refractivity contribution in [2.75, 3.05) is 6.61 Å². The number of nitrogens with zero attached hydrogens (tertiary/aromatic N) is 5. The first-order chi connectivity index (χ1) is 21.3. The highest BCUT2D eigenvalue weighted by Gasteiger charge is 2.53. The lowest BCUT2D eigenvalue weighted by molar-refractivity contribution is -0.135. The Morgan fingerprint density at radius 2 is 1.82 bits per heavy atom. The molecule has 5 rings (SSSR count). The highest BCUT2D eigenvalue weighted by atomic mass is 35.5. The Hall–Kier alpha value is -4.68. The van der Waals surface area contributed by atoms with Crippen molar-refractivity contribution in [1.82, 2.24) is 25.0 Å². The van der Waals surface area contributed by atoms with E-state index in [1.54, 1.807) is 66.9 Å². The zero-order valence-electron chi connectivity index (χ0n) is 24.7. The molecule has 10 nitrogen and oxygen atoms in total. The van der Waals surface area contributed by atoms with Gasteiger partial charge in [-0.3, -0.25) is 20.0 Å².